The van der Waals surface area contributed by atoms with Gasteiger partial charge in [-0.1, -0.05) is 34.1 Å². The van der Waals surface area contributed by atoms with E-state index in [9.17, 15) is 4.39 Å². The van der Waals surface area contributed by atoms with Crippen molar-refractivity contribution in [2.24, 2.45) is 0 Å². The van der Waals surface area contributed by atoms with E-state index >= 15 is 0 Å². The Bertz CT molecular complexity index is 303. The number of hydrogen-bond donors (Lipinski definition) is 0. The first kappa shape index (κ1) is 9.16. The summed E-state index contributed by atoms with van der Waals surface area (Å²) in [4.78, 5) is 2.24. The van der Waals surface area contributed by atoms with Crippen molar-refractivity contribution >= 4 is 15.9 Å². The Hall–Kier alpha value is -0.410. The summed E-state index contributed by atoms with van der Waals surface area (Å²) < 4.78 is 13.2. The second-order valence-electron chi connectivity index (χ2n) is 3.33. The molecule has 2 unspecified atom stereocenters. The molecule has 0 spiro atoms. The predicted molar refractivity (Wildman–Crippen MR) is 54.4 cm³/mol. The van der Waals surface area contributed by atoms with E-state index in [0.717, 1.165) is 24.0 Å². The number of nitrogens with zero attached hydrogens (tertiary/aromatic N) is 1. The zero-order valence-electron chi connectivity index (χ0n) is 7.21. The van der Waals surface area contributed by atoms with E-state index in [2.05, 4.69) is 20.8 Å². The smallest absolute Gasteiger partial charge is 0.127 e. The summed E-state index contributed by atoms with van der Waals surface area (Å²) in [5.74, 6) is -0.0947. The number of alkyl halides is 1. The van der Waals surface area contributed by atoms with Crippen LogP contribution in [0.4, 0.5) is 4.39 Å². The molecular formula is C10H11BrFN. The standard InChI is InChI=1S/C10H11BrFN/c11-5-9-7-13(9)6-8-3-1-2-4-10(8)12/h1-4,9H,5-7H2. The van der Waals surface area contributed by atoms with Gasteiger partial charge in [-0.3, -0.25) is 4.90 Å². The largest absolute Gasteiger partial charge is 0.292 e. The van der Waals surface area contributed by atoms with Gasteiger partial charge in [0.1, 0.15) is 5.82 Å². The summed E-state index contributed by atoms with van der Waals surface area (Å²) in [6.07, 6.45) is 0. The average molecular weight is 244 g/mol. The average Bonchev–Trinajstić information content (AvgIpc) is 2.88. The lowest BCUT2D eigenvalue weighted by atomic mass is 10.2. The molecule has 2 atom stereocenters. The highest BCUT2D eigenvalue weighted by molar-refractivity contribution is 9.09. The SMILES string of the molecule is Fc1ccccc1CN1CC1CBr. The van der Waals surface area contributed by atoms with Crippen molar-refractivity contribution < 1.29 is 4.39 Å². The fourth-order valence-corrected chi connectivity index (χ4v) is 2.02. The monoisotopic (exact) mass is 243 g/mol. The summed E-state index contributed by atoms with van der Waals surface area (Å²) in [7, 11) is 0. The Balaban J connectivity index is 1.99. The van der Waals surface area contributed by atoms with Gasteiger partial charge in [0.05, 0.1) is 0 Å². The van der Waals surface area contributed by atoms with Crippen LogP contribution in [0, 0.1) is 5.82 Å². The molecule has 1 aliphatic heterocycles. The minimum Gasteiger partial charge on any atom is -0.292 e. The summed E-state index contributed by atoms with van der Waals surface area (Å²) in [6.45, 7) is 1.82. The van der Waals surface area contributed by atoms with Gasteiger partial charge in [0.25, 0.3) is 0 Å². The maximum absolute atomic E-state index is 13.2. The van der Waals surface area contributed by atoms with E-state index in [0.29, 0.717) is 6.04 Å². The molecule has 1 aromatic rings. The summed E-state index contributed by atoms with van der Waals surface area (Å²) in [5.41, 5.74) is 0.797. The van der Waals surface area contributed by atoms with Crippen LogP contribution in [-0.4, -0.2) is 22.8 Å². The van der Waals surface area contributed by atoms with Crippen LogP contribution in [0.5, 0.6) is 0 Å². The second-order valence-corrected chi connectivity index (χ2v) is 3.98. The highest BCUT2D eigenvalue weighted by Gasteiger charge is 2.32. The highest BCUT2D eigenvalue weighted by Crippen LogP contribution is 2.23. The Labute approximate surface area is 85.7 Å². The normalized spacial score (nSPS) is 26.0. The lowest BCUT2D eigenvalue weighted by Gasteiger charge is -2.03. The van der Waals surface area contributed by atoms with Crippen molar-refractivity contribution in [1.29, 1.82) is 0 Å². The van der Waals surface area contributed by atoms with Crippen molar-refractivity contribution in [2.75, 3.05) is 11.9 Å². The Kier molecular flexibility index (Phi) is 2.65. The van der Waals surface area contributed by atoms with Crippen LogP contribution in [0.25, 0.3) is 0 Å². The van der Waals surface area contributed by atoms with Crippen LogP contribution in [0.2, 0.25) is 0 Å². The lowest BCUT2D eigenvalue weighted by molar-refractivity contribution is 0.494. The van der Waals surface area contributed by atoms with Crippen molar-refractivity contribution in [1.82, 2.24) is 4.90 Å². The predicted octanol–water partition coefficient (Wildman–Crippen LogP) is 2.40. The highest BCUT2D eigenvalue weighted by atomic mass is 79.9. The molecule has 1 aromatic carbocycles. The Morgan fingerprint density at radius 3 is 2.85 bits per heavy atom. The van der Waals surface area contributed by atoms with E-state index in [1.54, 1.807) is 6.07 Å². The molecule has 70 valence electrons. The van der Waals surface area contributed by atoms with Gasteiger partial charge in [0.15, 0.2) is 0 Å². The molecule has 1 saturated heterocycles. The fourth-order valence-electron chi connectivity index (χ4n) is 1.41. The van der Waals surface area contributed by atoms with Crippen LogP contribution in [0.3, 0.4) is 0 Å². The summed E-state index contributed by atoms with van der Waals surface area (Å²) in [6, 6.07) is 7.58. The van der Waals surface area contributed by atoms with Gasteiger partial charge in [-0.2, -0.15) is 0 Å². The maximum atomic E-state index is 13.2. The second kappa shape index (κ2) is 3.76. The molecule has 0 saturated carbocycles. The Morgan fingerprint density at radius 1 is 1.46 bits per heavy atom. The number of benzene rings is 1. The molecule has 0 aromatic heterocycles. The molecular weight excluding hydrogens is 233 g/mol. The molecule has 1 heterocycles. The quantitative estimate of drug-likeness (QED) is 0.582. The molecule has 2 rings (SSSR count). The van der Waals surface area contributed by atoms with Crippen LogP contribution >= 0.6 is 15.9 Å². The molecule has 3 heteroatoms. The fraction of sp³-hybridized carbons (Fsp3) is 0.400. The number of rotatable bonds is 3. The molecule has 0 amide bonds. The number of hydrogen-bond acceptors (Lipinski definition) is 1. The third-order valence-corrected chi connectivity index (χ3v) is 3.08. The molecule has 0 radical (unpaired) electrons. The van der Waals surface area contributed by atoms with Gasteiger partial charge < -0.3 is 0 Å². The number of halogens is 2. The minimum absolute atomic E-state index is 0.0947. The molecule has 1 fully saturated rings. The minimum atomic E-state index is -0.0947. The molecule has 0 N–H and O–H groups in total. The van der Waals surface area contributed by atoms with E-state index in [1.165, 1.54) is 6.07 Å². The third-order valence-electron chi connectivity index (χ3n) is 2.34. The van der Waals surface area contributed by atoms with Crippen LogP contribution in [0.1, 0.15) is 5.56 Å². The van der Waals surface area contributed by atoms with Gasteiger partial charge in [-0.05, 0) is 6.07 Å². The third kappa shape index (κ3) is 2.09. The molecule has 13 heavy (non-hydrogen) atoms. The first-order valence-corrected chi connectivity index (χ1v) is 5.47. The summed E-state index contributed by atoms with van der Waals surface area (Å²) >= 11 is 3.41. The molecule has 0 aliphatic carbocycles. The zero-order valence-corrected chi connectivity index (χ0v) is 8.80. The van der Waals surface area contributed by atoms with Gasteiger partial charge in [-0.25, -0.2) is 4.39 Å². The van der Waals surface area contributed by atoms with Crippen LogP contribution < -0.4 is 0 Å². The van der Waals surface area contributed by atoms with Crippen molar-refractivity contribution in [3.8, 4) is 0 Å². The Morgan fingerprint density at radius 2 is 2.23 bits per heavy atom. The molecule has 1 nitrogen and oxygen atoms in total. The van der Waals surface area contributed by atoms with E-state index in [4.69, 9.17) is 0 Å². The van der Waals surface area contributed by atoms with Gasteiger partial charge >= 0.3 is 0 Å². The van der Waals surface area contributed by atoms with Crippen molar-refractivity contribution in [2.45, 2.75) is 12.6 Å². The van der Waals surface area contributed by atoms with Crippen LogP contribution in [-0.2, 0) is 6.54 Å². The summed E-state index contributed by atoms with van der Waals surface area (Å²) in [5, 5.41) is 0.988. The van der Waals surface area contributed by atoms with E-state index in [1.807, 2.05) is 12.1 Å². The maximum Gasteiger partial charge on any atom is 0.127 e. The molecule has 1 aliphatic rings. The van der Waals surface area contributed by atoms with Gasteiger partial charge in [0.2, 0.25) is 0 Å². The first-order valence-electron chi connectivity index (χ1n) is 4.34. The van der Waals surface area contributed by atoms with Crippen molar-refractivity contribution in [3.05, 3.63) is 35.6 Å². The first-order chi connectivity index (χ1) is 6.31. The van der Waals surface area contributed by atoms with E-state index in [-0.39, 0.29) is 5.82 Å². The van der Waals surface area contributed by atoms with Gasteiger partial charge in [-0.15, -0.1) is 0 Å². The zero-order chi connectivity index (χ0) is 9.26. The topological polar surface area (TPSA) is 3.01 Å². The lowest BCUT2D eigenvalue weighted by Crippen LogP contribution is -2.04. The van der Waals surface area contributed by atoms with Crippen molar-refractivity contribution in [3.63, 3.8) is 0 Å². The van der Waals surface area contributed by atoms with Crippen LogP contribution in [0.15, 0.2) is 24.3 Å². The molecule has 0 bridgehead atoms. The van der Waals surface area contributed by atoms with E-state index < -0.39 is 0 Å². The van der Waals surface area contributed by atoms with Gasteiger partial charge in [0, 0.05) is 30.0 Å².